The van der Waals surface area contributed by atoms with Crippen LogP contribution in [0.3, 0.4) is 0 Å². The topological polar surface area (TPSA) is 50.2 Å². The summed E-state index contributed by atoms with van der Waals surface area (Å²) in [5.41, 5.74) is 0.311. The van der Waals surface area contributed by atoms with E-state index in [0.717, 1.165) is 22.7 Å². The third-order valence-electron chi connectivity index (χ3n) is 3.34. The monoisotopic (exact) mass is 253 g/mol. The van der Waals surface area contributed by atoms with Crippen LogP contribution >= 0.6 is 11.3 Å². The molecule has 17 heavy (non-hydrogen) atoms. The van der Waals surface area contributed by atoms with E-state index in [-0.39, 0.29) is 0 Å². The fraction of sp³-hybridized carbons (Fsp3) is 0.692. The molecule has 3 nitrogen and oxygen atoms in total. The summed E-state index contributed by atoms with van der Waals surface area (Å²) in [7, 11) is 0. The van der Waals surface area contributed by atoms with Crippen molar-refractivity contribution in [1.29, 1.82) is 0 Å². The first-order chi connectivity index (χ1) is 8.09. The van der Waals surface area contributed by atoms with Gasteiger partial charge in [-0.05, 0) is 18.8 Å². The van der Waals surface area contributed by atoms with Gasteiger partial charge in [-0.3, -0.25) is 0 Å². The van der Waals surface area contributed by atoms with Crippen LogP contribution in [0, 0.1) is 0 Å². The average Bonchev–Trinajstić information content (AvgIpc) is 2.75. The summed E-state index contributed by atoms with van der Waals surface area (Å²) < 4.78 is 0. The van der Waals surface area contributed by atoms with E-state index in [2.05, 4.69) is 18.8 Å². The Kier molecular flexibility index (Phi) is 3.82. The van der Waals surface area contributed by atoms with Crippen molar-refractivity contribution in [3.8, 4) is 0 Å². The normalized spacial score (nSPS) is 17.6. The van der Waals surface area contributed by atoms with Gasteiger partial charge >= 0.3 is 5.97 Å². The van der Waals surface area contributed by atoms with Gasteiger partial charge in [0.15, 0.2) is 5.69 Å². The molecule has 0 atom stereocenters. The Morgan fingerprint density at radius 2 is 2.00 bits per heavy atom. The first-order valence-electron chi connectivity index (χ1n) is 6.33. The predicted molar refractivity (Wildman–Crippen MR) is 69.0 cm³/mol. The molecule has 0 aromatic carbocycles. The van der Waals surface area contributed by atoms with Gasteiger partial charge in [0.2, 0.25) is 0 Å². The number of thiazole rings is 1. The Morgan fingerprint density at radius 3 is 2.53 bits per heavy atom. The molecule has 1 aromatic rings. The summed E-state index contributed by atoms with van der Waals surface area (Å²) in [5.74, 6) is -0.121. The highest BCUT2D eigenvalue weighted by molar-refractivity contribution is 7.12. The second-order valence-corrected chi connectivity index (χ2v) is 6.12. The van der Waals surface area contributed by atoms with Crippen LogP contribution in [0.25, 0.3) is 0 Å². The van der Waals surface area contributed by atoms with E-state index in [1.54, 1.807) is 11.3 Å². The van der Waals surface area contributed by atoms with Crippen LogP contribution in [0.4, 0.5) is 0 Å². The molecule has 0 amide bonds. The average molecular weight is 253 g/mol. The highest BCUT2D eigenvalue weighted by Gasteiger charge is 2.26. The minimum Gasteiger partial charge on any atom is -0.476 e. The second kappa shape index (κ2) is 5.17. The lowest BCUT2D eigenvalue weighted by molar-refractivity contribution is 0.0689. The van der Waals surface area contributed by atoms with Gasteiger partial charge in [0, 0.05) is 10.8 Å². The van der Waals surface area contributed by atoms with Crippen LogP contribution in [0.1, 0.15) is 78.2 Å². The molecular formula is C13H19NO2S. The summed E-state index contributed by atoms with van der Waals surface area (Å²) in [5, 5.41) is 10.2. The molecule has 2 rings (SSSR count). The van der Waals surface area contributed by atoms with Crippen molar-refractivity contribution < 1.29 is 9.90 Å². The fourth-order valence-corrected chi connectivity index (χ4v) is 3.62. The van der Waals surface area contributed by atoms with Gasteiger partial charge < -0.3 is 5.11 Å². The SMILES string of the molecule is CC(C)c1nc(C(=O)O)c(C2CCCCC2)s1. The Hall–Kier alpha value is -0.900. The van der Waals surface area contributed by atoms with Gasteiger partial charge in [-0.15, -0.1) is 11.3 Å². The Bertz CT molecular complexity index is 406. The third kappa shape index (κ3) is 2.68. The maximum Gasteiger partial charge on any atom is 0.355 e. The zero-order valence-corrected chi connectivity index (χ0v) is 11.2. The Morgan fingerprint density at radius 1 is 1.35 bits per heavy atom. The molecule has 1 heterocycles. The fourth-order valence-electron chi connectivity index (χ4n) is 2.39. The number of nitrogens with zero attached hydrogens (tertiary/aromatic N) is 1. The molecule has 0 bridgehead atoms. The minimum atomic E-state index is -0.867. The van der Waals surface area contributed by atoms with Crippen LogP contribution in [0.2, 0.25) is 0 Å². The Balaban J connectivity index is 2.32. The standard InChI is InChI=1S/C13H19NO2S/c1-8(2)12-14-10(13(15)16)11(17-12)9-6-4-3-5-7-9/h8-9H,3-7H2,1-2H3,(H,15,16). The molecule has 0 aliphatic heterocycles. The van der Waals surface area contributed by atoms with E-state index in [4.69, 9.17) is 0 Å². The molecule has 0 unspecified atom stereocenters. The van der Waals surface area contributed by atoms with Gasteiger partial charge in [-0.2, -0.15) is 0 Å². The summed E-state index contributed by atoms with van der Waals surface area (Å²) >= 11 is 1.61. The summed E-state index contributed by atoms with van der Waals surface area (Å²) in [6, 6.07) is 0. The van der Waals surface area contributed by atoms with Gasteiger partial charge in [0.05, 0.1) is 5.01 Å². The highest BCUT2D eigenvalue weighted by atomic mass is 32.1. The number of hydrogen-bond acceptors (Lipinski definition) is 3. The van der Waals surface area contributed by atoms with E-state index in [1.807, 2.05) is 0 Å². The molecule has 1 N–H and O–H groups in total. The zero-order chi connectivity index (χ0) is 12.4. The number of aromatic nitrogens is 1. The van der Waals surface area contributed by atoms with Gasteiger partial charge in [0.25, 0.3) is 0 Å². The van der Waals surface area contributed by atoms with E-state index >= 15 is 0 Å². The highest BCUT2D eigenvalue weighted by Crippen LogP contribution is 2.39. The van der Waals surface area contributed by atoms with E-state index < -0.39 is 5.97 Å². The van der Waals surface area contributed by atoms with Crippen molar-refractivity contribution in [1.82, 2.24) is 4.98 Å². The molecule has 1 fully saturated rings. The first-order valence-corrected chi connectivity index (χ1v) is 7.15. The number of carboxylic acid groups (broad SMARTS) is 1. The van der Waals surface area contributed by atoms with Gasteiger partial charge in [0.1, 0.15) is 0 Å². The smallest absolute Gasteiger partial charge is 0.355 e. The Labute approximate surface area is 106 Å². The molecule has 4 heteroatoms. The van der Waals surface area contributed by atoms with Crippen LogP contribution in [0.5, 0.6) is 0 Å². The number of carbonyl (C=O) groups is 1. The number of hydrogen-bond donors (Lipinski definition) is 1. The lowest BCUT2D eigenvalue weighted by atomic mass is 9.87. The van der Waals surface area contributed by atoms with E-state index in [0.29, 0.717) is 17.5 Å². The predicted octanol–water partition coefficient (Wildman–Crippen LogP) is 4.01. The molecule has 0 saturated heterocycles. The lowest BCUT2D eigenvalue weighted by Crippen LogP contribution is -2.08. The van der Waals surface area contributed by atoms with Crippen molar-refractivity contribution in [3.63, 3.8) is 0 Å². The summed E-state index contributed by atoms with van der Waals surface area (Å²) in [4.78, 5) is 16.6. The first kappa shape index (κ1) is 12.6. The molecule has 1 aliphatic rings. The molecule has 0 spiro atoms. The molecule has 0 radical (unpaired) electrons. The van der Waals surface area contributed by atoms with Crippen molar-refractivity contribution in [2.45, 2.75) is 57.8 Å². The maximum atomic E-state index is 11.2. The van der Waals surface area contributed by atoms with Crippen LogP contribution < -0.4 is 0 Å². The van der Waals surface area contributed by atoms with Crippen molar-refractivity contribution >= 4 is 17.3 Å². The molecule has 1 saturated carbocycles. The molecule has 94 valence electrons. The zero-order valence-electron chi connectivity index (χ0n) is 10.4. The largest absolute Gasteiger partial charge is 0.476 e. The van der Waals surface area contributed by atoms with Gasteiger partial charge in [-0.25, -0.2) is 9.78 Å². The number of rotatable bonds is 3. The van der Waals surface area contributed by atoms with Crippen LogP contribution in [-0.4, -0.2) is 16.1 Å². The summed E-state index contributed by atoms with van der Waals surface area (Å²) in [6.07, 6.45) is 5.98. The molecule has 1 aromatic heterocycles. The molecule has 1 aliphatic carbocycles. The molecular weight excluding hydrogens is 234 g/mol. The van der Waals surface area contributed by atoms with Crippen molar-refractivity contribution in [3.05, 3.63) is 15.6 Å². The van der Waals surface area contributed by atoms with E-state index in [9.17, 15) is 9.90 Å². The quantitative estimate of drug-likeness (QED) is 0.885. The second-order valence-electron chi connectivity index (χ2n) is 5.06. The van der Waals surface area contributed by atoms with Crippen molar-refractivity contribution in [2.75, 3.05) is 0 Å². The van der Waals surface area contributed by atoms with E-state index in [1.165, 1.54) is 19.3 Å². The number of carboxylic acids is 1. The lowest BCUT2D eigenvalue weighted by Gasteiger charge is -2.20. The third-order valence-corrected chi connectivity index (χ3v) is 4.86. The maximum absolute atomic E-state index is 11.2. The van der Waals surface area contributed by atoms with Gasteiger partial charge in [-0.1, -0.05) is 33.1 Å². The minimum absolute atomic E-state index is 0.311. The number of aromatic carboxylic acids is 1. The summed E-state index contributed by atoms with van der Waals surface area (Å²) in [6.45, 7) is 4.13. The van der Waals surface area contributed by atoms with Crippen molar-refractivity contribution in [2.24, 2.45) is 0 Å². The van der Waals surface area contributed by atoms with Crippen LogP contribution in [-0.2, 0) is 0 Å². The van der Waals surface area contributed by atoms with Crippen LogP contribution in [0.15, 0.2) is 0 Å².